The number of hydrogen-bond acceptors (Lipinski definition) is 4. The van der Waals surface area contributed by atoms with Crippen molar-refractivity contribution >= 4 is 23.0 Å². The van der Waals surface area contributed by atoms with Crippen molar-refractivity contribution in [3.05, 3.63) is 59.0 Å². The molecule has 0 radical (unpaired) electrons. The average molecular weight is 316 g/mol. The summed E-state index contributed by atoms with van der Waals surface area (Å²) in [5.41, 5.74) is 4.50. The molecule has 2 atom stereocenters. The molecule has 4 nitrogen and oxygen atoms in total. The van der Waals surface area contributed by atoms with E-state index in [9.17, 15) is 9.59 Å². The van der Waals surface area contributed by atoms with Crippen LogP contribution in [0.25, 0.3) is 0 Å². The number of rotatable bonds is 0. The van der Waals surface area contributed by atoms with Crippen molar-refractivity contribution < 1.29 is 9.59 Å². The van der Waals surface area contributed by atoms with Gasteiger partial charge in [0, 0.05) is 16.8 Å². The van der Waals surface area contributed by atoms with Crippen LogP contribution in [0, 0.1) is 11.8 Å². The minimum atomic E-state index is -0.377. The van der Waals surface area contributed by atoms with Crippen LogP contribution >= 0.6 is 0 Å². The van der Waals surface area contributed by atoms with Gasteiger partial charge in [-0.1, -0.05) is 18.2 Å². The van der Waals surface area contributed by atoms with Gasteiger partial charge in [0.05, 0.1) is 29.0 Å². The van der Waals surface area contributed by atoms with E-state index in [1.807, 2.05) is 30.4 Å². The quantitative estimate of drug-likeness (QED) is 0.689. The number of aliphatic imine (C=N–C) groups is 2. The summed E-state index contributed by atoms with van der Waals surface area (Å²) in [6.45, 7) is 0. The fourth-order valence-corrected chi connectivity index (χ4v) is 4.04. The van der Waals surface area contributed by atoms with Crippen molar-refractivity contribution in [3.8, 4) is 0 Å². The summed E-state index contributed by atoms with van der Waals surface area (Å²) in [5, 5.41) is 0. The van der Waals surface area contributed by atoms with Crippen LogP contribution < -0.4 is 0 Å². The molecule has 0 bridgehead atoms. The number of nitrogens with zero attached hydrogens (tertiary/aromatic N) is 2. The van der Waals surface area contributed by atoms with Gasteiger partial charge in [-0.2, -0.15) is 0 Å². The molecular weight excluding hydrogens is 300 g/mol. The van der Waals surface area contributed by atoms with Crippen LogP contribution in [0.15, 0.2) is 69.0 Å². The lowest BCUT2D eigenvalue weighted by Crippen LogP contribution is -2.35. The number of carbonyl (C=O) groups excluding carboxylic acids is 2. The normalized spacial score (nSPS) is 30.5. The van der Waals surface area contributed by atoms with Gasteiger partial charge in [-0.15, -0.1) is 0 Å². The maximum atomic E-state index is 12.9. The molecule has 2 unspecified atom stereocenters. The molecule has 2 aliphatic heterocycles. The molecule has 3 aliphatic carbocycles. The molecule has 118 valence electrons. The first kappa shape index (κ1) is 13.8. The smallest absolute Gasteiger partial charge is 0.177 e. The van der Waals surface area contributed by atoms with Crippen LogP contribution in [0.4, 0.5) is 0 Å². The summed E-state index contributed by atoms with van der Waals surface area (Å²) in [6.07, 6.45) is 15.0. The standard InChI is InChI=1S/C20H16N2O2/c23-19-11-5-1-3-7-15(11)21-17-10-14-18(9-13(17)19)22-16-8-4-2-6-12(16)20(14)24/h1,3,5,7,9-11,14H,2,4,6,8H2. The lowest BCUT2D eigenvalue weighted by atomic mass is 9.77. The van der Waals surface area contributed by atoms with Gasteiger partial charge in [0.15, 0.2) is 11.6 Å². The second-order valence-corrected chi connectivity index (χ2v) is 6.74. The Morgan fingerprint density at radius 1 is 0.917 bits per heavy atom. The molecule has 0 aromatic rings. The highest BCUT2D eigenvalue weighted by atomic mass is 16.1. The maximum Gasteiger partial charge on any atom is 0.177 e. The molecule has 0 saturated carbocycles. The molecule has 0 amide bonds. The first-order valence-corrected chi connectivity index (χ1v) is 8.49. The third-order valence-electron chi connectivity index (χ3n) is 5.29. The van der Waals surface area contributed by atoms with Gasteiger partial charge < -0.3 is 0 Å². The predicted molar refractivity (Wildman–Crippen MR) is 91.8 cm³/mol. The zero-order valence-electron chi connectivity index (χ0n) is 13.2. The van der Waals surface area contributed by atoms with Crippen LogP contribution in [0.1, 0.15) is 25.7 Å². The van der Waals surface area contributed by atoms with Crippen LogP contribution in [0.5, 0.6) is 0 Å². The van der Waals surface area contributed by atoms with Crippen LogP contribution in [0.2, 0.25) is 0 Å². The highest BCUT2D eigenvalue weighted by Crippen LogP contribution is 2.38. The van der Waals surface area contributed by atoms with E-state index in [2.05, 4.69) is 4.99 Å². The van der Waals surface area contributed by atoms with E-state index < -0.39 is 0 Å². The van der Waals surface area contributed by atoms with Crippen LogP contribution in [-0.2, 0) is 9.59 Å². The fraction of sp³-hybridized carbons (Fsp3) is 0.300. The molecular formula is C20H16N2O2. The van der Waals surface area contributed by atoms with Crippen LogP contribution in [-0.4, -0.2) is 23.0 Å². The second-order valence-electron chi connectivity index (χ2n) is 6.74. The summed E-state index contributed by atoms with van der Waals surface area (Å²) in [6, 6.07) is 0. The van der Waals surface area contributed by atoms with Gasteiger partial charge in [0.25, 0.3) is 0 Å². The Balaban J connectivity index is 1.64. The van der Waals surface area contributed by atoms with Gasteiger partial charge in [-0.05, 0) is 43.9 Å². The topological polar surface area (TPSA) is 58.9 Å². The van der Waals surface area contributed by atoms with Crippen molar-refractivity contribution in [2.45, 2.75) is 25.7 Å². The van der Waals surface area contributed by atoms with Gasteiger partial charge in [0.1, 0.15) is 0 Å². The number of carbonyl (C=O) groups is 2. The van der Waals surface area contributed by atoms with Crippen molar-refractivity contribution in [1.29, 1.82) is 0 Å². The van der Waals surface area contributed by atoms with Gasteiger partial charge in [-0.3, -0.25) is 19.6 Å². The number of allylic oxidation sites excluding steroid dienone is 9. The summed E-state index contributed by atoms with van der Waals surface area (Å²) in [5.74, 6) is -0.494. The zero-order valence-corrected chi connectivity index (χ0v) is 13.2. The highest BCUT2D eigenvalue weighted by molar-refractivity contribution is 6.28. The first-order chi connectivity index (χ1) is 11.7. The lowest BCUT2D eigenvalue weighted by Gasteiger charge is -2.31. The van der Waals surface area contributed by atoms with E-state index in [-0.39, 0.29) is 23.4 Å². The molecule has 0 aromatic heterocycles. The average Bonchev–Trinajstić information content (AvgIpc) is 2.62. The lowest BCUT2D eigenvalue weighted by molar-refractivity contribution is -0.117. The minimum absolute atomic E-state index is 0.0452. The van der Waals surface area contributed by atoms with Crippen molar-refractivity contribution in [3.63, 3.8) is 0 Å². The first-order valence-electron chi connectivity index (χ1n) is 8.49. The minimum Gasteiger partial charge on any atom is -0.293 e. The second kappa shape index (κ2) is 4.94. The molecule has 2 heterocycles. The number of hydrogen-bond donors (Lipinski definition) is 0. The SMILES string of the molecule is O=C1C2=CC3=NC4=C(CCCC4)C(=O)C3C=C2N=C2C=CC=CC12. The van der Waals surface area contributed by atoms with E-state index in [1.54, 1.807) is 6.08 Å². The van der Waals surface area contributed by atoms with Gasteiger partial charge in [-0.25, -0.2) is 0 Å². The molecule has 5 rings (SSSR count). The van der Waals surface area contributed by atoms with E-state index in [0.717, 1.165) is 42.7 Å². The third-order valence-corrected chi connectivity index (χ3v) is 5.29. The van der Waals surface area contributed by atoms with E-state index in [4.69, 9.17) is 4.99 Å². The maximum absolute atomic E-state index is 12.9. The Hall–Kier alpha value is -2.62. The zero-order chi connectivity index (χ0) is 16.3. The monoisotopic (exact) mass is 316 g/mol. The number of Topliss-reactive ketones (excluding diaryl/α,β-unsaturated/α-hetero) is 2. The van der Waals surface area contributed by atoms with E-state index >= 15 is 0 Å². The molecule has 24 heavy (non-hydrogen) atoms. The Morgan fingerprint density at radius 3 is 2.71 bits per heavy atom. The Labute approximate surface area is 139 Å². The third kappa shape index (κ3) is 1.86. The molecule has 0 fully saturated rings. The molecule has 5 aliphatic rings. The summed E-state index contributed by atoms with van der Waals surface area (Å²) < 4.78 is 0. The van der Waals surface area contributed by atoms with E-state index in [1.165, 1.54) is 0 Å². The van der Waals surface area contributed by atoms with Crippen molar-refractivity contribution in [2.24, 2.45) is 21.8 Å². The molecule has 0 N–H and O–H groups in total. The molecule has 4 heteroatoms. The molecule has 0 aromatic carbocycles. The summed E-state index contributed by atoms with van der Waals surface area (Å²) in [4.78, 5) is 35.0. The van der Waals surface area contributed by atoms with E-state index in [0.29, 0.717) is 17.0 Å². The fourth-order valence-electron chi connectivity index (χ4n) is 4.04. The largest absolute Gasteiger partial charge is 0.293 e. The predicted octanol–water partition coefficient (Wildman–Crippen LogP) is 3.04. The number of ketones is 2. The Bertz CT molecular complexity index is 906. The van der Waals surface area contributed by atoms with Gasteiger partial charge >= 0.3 is 0 Å². The Morgan fingerprint density at radius 2 is 1.79 bits per heavy atom. The number of fused-ring (bicyclic) bond motifs is 3. The van der Waals surface area contributed by atoms with Crippen LogP contribution in [0.3, 0.4) is 0 Å². The molecule has 0 spiro atoms. The van der Waals surface area contributed by atoms with Crippen molar-refractivity contribution in [1.82, 2.24) is 0 Å². The van der Waals surface area contributed by atoms with Crippen molar-refractivity contribution in [2.75, 3.05) is 0 Å². The highest BCUT2D eigenvalue weighted by Gasteiger charge is 2.39. The Kier molecular flexibility index (Phi) is 2.84. The summed E-state index contributed by atoms with van der Waals surface area (Å²) in [7, 11) is 0. The van der Waals surface area contributed by atoms with Gasteiger partial charge in [0.2, 0.25) is 0 Å². The molecule has 0 saturated heterocycles. The summed E-state index contributed by atoms with van der Waals surface area (Å²) >= 11 is 0.